The van der Waals surface area contributed by atoms with Gasteiger partial charge in [-0.3, -0.25) is 4.79 Å². The zero-order valence-electron chi connectivity index (χ0n) is 15.6. The number of anilines is 1. The van der Waals surface area contributed by atoms with Crippen molar-refractivity contribution in [1.82, 2.24) is 14.8 Å². The number of hydrogen-bond donors (Lipinski definition) is 1. The third-order valence-corrected chi connectivity index (χ3v) is 5.41. The molecule has 2 aromatic heterocycles. The van der Waals surface area contributed by atoms with E-state index in [1.54, 1.807) is 16.8 Å². The van der Waals surface area contributed by atoms with E-state index in [1.807, 2.05) is 31.2 Å². The lowest BCUT2D eigenvalue weighted by Crippen LogP contribution is -2.17. The number of rotatable bonds is 5. The lowest BCUT2D eigenvalue weighted by molar-refractivity contribution is -0.115. The topological polar surface area (TPSA) is 59.8 Å². The van der Waals surface area contributed by atoms with Gasteiger partial charge < -0.3 is 5.32 Å². The highest BCUT2D eigenvalue weighted by atomic mass is 32.1. The van der Waals surface area contributed by atoms with Crippen LogP contribution in [0.25, 0.3) is 15.3 Å². The zero-order valence-corrected chi connectivity index (χ0v) is 16.4. The second-order valence-electron chi connectivity index (χ2n) is 6.59. The van der Waals surface area contributed by atoms with E-state index >= 15 is 0 Å². The molecule has 0 bridgehead atoms. The summed E-state index contributed by atoms with van der Waals surface area (Å²) < 4.78 is 15.8. The number of thiazole rings is 1. The maximum atomic E-state index is 13.5. The SMILES string of the molecule is CCc1ccc(CC(=O)Nc2cc(C)nn2-c2nc3ccc(F)cc3s2)cc1. The van der Waals surface area contributed by atoms with Crippen molar-refractivity contribution in [3.8, 4) is 5.13 Å². The van der Waals surface area contributed by atoms with Gasteiger partial charge in [0.25, 0.3) is 0 Å². The minimum atomic E-state index is -0.304. The maximum Gasteiger partial charge on any atom is 0.229 e. The van der Waals surface area contributed by atoms with Crippen LogP contribution in [0.15, 0.2) is 48.5 Å². The van der Waals surface area contributed by atoms with Crippen LogP contribution in [0.4, 0.5) is 10.2 Å². The van der Waals surface area contributed by atoms with Gasteiger partial charge in [-0.1, -0.05) is 42.5 Å². The van der Waals surface area contributed by atoms with Crippen LogP contribution in [0.3, 0.4) is 0 Å². The van der Waals surface area contributed by atoms with Crippen molar-refractivity contribution in [2.45, 2.75) is 26.7 Å². The second-order valence-corrected chi connectivity index (χ2v) is 7.60. The molecule has 0 aliphatic carbocycles. The molecule has 0 aliphatic rings. The minimum Gasteiger partial charge on any atom is -0.310 e. The fraction of sp³-hybridized carbons (Fsp3) is 0.190. The Morgan fingerprint density at radius 3 is 2.64 bits per heavy atom. The van der Waals surface area contributed by atoms with Gasteiger partial charge in [-0.15, -0.1) is 0 Å². The summed E-state index contributed by atoms with van der Waals surface area (Å²) in [5.74, 6) is 0.117. The highest BCUT2D eigenvalue weighted by Gasteiger charge is 2.15. The fourth-order valence-corrected chi connectivity index (χ4v) is 3.93. The fourth-order valence-electron chi connectivity index (χ4n) is 2.98. The summed E-state index contributed by atoms with van der Waals surface area (Å²) in [6, 6.07) is 14.3. The summed E-state index contributed by atoms with van der Waals surface area (Å²) in [5.41, 5.74) is 3.65. The third kappa shape index (κ3) is 3.80. The smallest absolute Gasteiger partial charge is 0.229 e. The van der Waals surface area contributed by atoms with Gasteiger partial charge in [0, 0.05) is 6.07 Å². The Morgan fingerprint density at radius 1 is 1.14 bits per heavy atom. The molecule has 4 aromatic rings. The minimum absolute atomic E-state index is 0.127. The van der Waals surface area contributed by atoms with Gasteiger partial charge in [0.15, 0.2) is 0 Å². The van der Waals surface area contributed by atoms with Crippen molar-refractivity contribution in [3.63, 3.8) is 0 Å². The number of nitrogens with zero attached hydrogens (tertiary/aromatic N) is 3. The van der Waals surface area contributed by atoms with E-state index < -0.39 is 0 Å². The highest BCUT2D eigenvalue weighted by Crippen LogP contribution is 2.28. The Balaban J connectivity index is 1.57. The second kappa shape index (κ2) is 7.52. The first-order valence-electron chi connectivity index (χ1n) is 9.02. The molecule has 4 rings (SSSR count). The first kappa shape index (κ1) is 18.3. The summed E-state index contributed by atoms with van der Waals surface area (Å²) in [7, 11) is 0. The Kier molecular flexibility index (Phi) is 4.92. The normalized spacial score (nSPS) is 11.1. The van der Waals surface area contributed by atoms with Crippen molar-refractivity contribution < 1.29 is 9.18 Å². The van der Waals surface area contributed by atoms with Crippen molar-refractivity contribution in [2.75, 3.05) is 5.32 Å². The molecule has 1 amide bonds. The summed E-state index contributed by atoms with van der Waals surface area (Å²) in [4.78, 5) is 17.0. The summed E-state index contributed by atoms with van der Waals surface area (Å²) in [6.07, 6.45) is 1.25. The van der Waals surface area contributed by atoms with E-state index in [2.05, 4.69) is 22.3 Å². The number of carbonyl (C=O) groups is 1. The molecular weight excluding hydrogens is 375 g/mol. The number of amides is 1. The van der Waals surface area contributed by atoms with Crippen molar-refractivity contribution >= 4 is 33.3 Å². The third-order valence-electron chi connectivity index (χ3n) is 4.42. The lowest BCUT2D eigenvalue weighted by Gasteiger charge is -2.07. The summed E-state index contributed by atoms with van der Waals surface area (Å²) in [6.45, 7) is 3.95. The average molecular weight is 394 g/mol. The Morgan fingerprint density at radius 2 is 1.89 bits per heavy atom. The van der Waals surface area contributed by atoms with Crippen molar-refractivity contribution in [2.24, 2.45) is 0 Å². The van der Waals surface area contributed by atoms with E-state index in [9.17, 15) is 9.18 Å². The van der Waals surface area contributed by atoms with Gasteiger partial charge in [0.05, 0.1) is 22.3 Å². The van der Waals surface area contributed by atoms with Gasteiger partial charge in [-0.2, -0.15) is 9.78 Å². The Hall–Kier alpha value is -3.06. The van der Waals surface area contributed by atoms with E-state index in [0.29, 0.717) is 16.5 Å². The number of hydrogen-bond acceptors (Lipinski definition) is 4. The molecule has 0 unspecified atom stereocenters. The van der Waals surface area contributed by atoms with E-state index in [1.165, 1.54) is 29.0 Å². The number of aryl methyl sites for hydroxylation is 2. The van der Waals surface area contributed by atoms with Crippen LogP contribution < -0.4 is 5.32 Å². The molecule has 0 aliphatic heterocycles. The first-order chi connectivity index (χ1) is 13.5. The molecule has 0 atom stereocenters. The van der Waals surface area contributed by atoms with Gasteiger partial charge in [-0.05, 0) is 42.7 Å². The number of benzene rings is 2. The van der Waals surface area contributed by atoms with Crippen LogP contribution in [0.1, 0.15) is 23.7 Å². The molecule has 0 fully saturated rings. The molecule has 0 radical (unpaired) electrons. The number of nitrogens with one attached hydrogen (secondary N) is 1. The van der Waals surface area contributed by atoms with E-state index in [-0.39, 0.29) is 18.1 Å². The molecule has 1 N–H and O–H groups in total. The molecule has 142 valence electrons. The molecule has 2 heterocycles. The molecular formula is C21H19FN4OS. The predicted molar refractivity (Wildman–Crippen MR) is 110 cm³/mol. The number of carbonyl (C=O) groups excluding carboxylic acids is 1. The largest absolute Gasteiger partial charge is 0.310 e. The molecule has 28 heavy (non-hydrogen) atoms. The van der Waals surface area contributed by atoms with Crippen molar-refractivity contribution in [3.05, 3.63) is 71.2 Å². The summed E-state index contributed by atoms with van der Waals surface area (Å²) in [5, 5.41) is 7.93. The van der Waals surface area contributed by atoms with Crippen LogP contribution in [-0.4, -0.2) is 20.7 Å². The zero-order chi connectivity index (χ0) is 19.7. The van der Waals surface area contributed by atoms with Crippen LogP contribution in [-0.2, 0) is 17.6 Å². The number of halogens is 1. The molecule has 7 heteroatoms. The van der Waals surface area contributed by atoms with E-state index in [4.69, 9.17) is 0 Å². The standard InChI is InChI=1S/C21H19FN4OS/c1-3-14-4-6-15(7-5-14)11-20(27)24-19-10-13(2)25-26(19)21-23-17-9-8-16(22)12-18(17)28-21/h4-10,12H,3,11H2,1-2H3,(H,24,27). The highest BCUT2D eigenvalue weighted by molar-refractivity contribution is 7.20. The molecule has 5 nitrogen and oxygen atoms in total. The van der Waals surface area contributed by atoms with Crippen LogP contribution in [0.2, 0.25) is 0 Å². The average Bonchev–Trinajstić information content (AvgIpc) is 3.24. The van der Waals surface area contributed by atoms with Gasteiger partial charge in [0.1, 0.15) is 11.6 Å². The number of fused-ring (bicyclic) bond motifs is 1. The van der Waals surface area contributed by atoms with E-state index in [0.717, 1.165) is 22.4 Å². The monoisotopic (exact) mass is 394 g/mol. The Bertz CT molecular complexity index is 1150. The Labute approximate surface area is 165 Å². The molecule has 0 saturated heterocycles. The number of aromatic nitrogens is 3. The predicted octanol–water partition coefficient (Wildman–Crippen LogP) is 4.67. The quantitative estimate of drug-likeness (QED) is 0.535. The van der Waals surface area contributed by atoms with Gasteiger partial charge >= 0.3 is 0 Å². The summed E-state index contributed by atoms with van der Waals surface area (Å²) >= 11 is 1.33. The van der Waals surface area contributed by atoms with Gasteiger partial charge in [0.2, 0.25) is 11.0 Å². The molecule has 0 spiro atoms. The van der Waals surface area contributed by atoms with Crippen LogP contribution >= 0.6 is 11.3 Å². The molecule has 2 aromatic carbocycles. The van der Waals surface area contributed by atoms with Crippen LogP contribution in [0, 0.1) is 12.7 Å². The van der Waals surface area contributed by atoms with Crippen LogP contribution in [0.5, 0.6) is 0 Å². The van der Waals surface area contributed by atoms with Crippen molar-refractivity contribution in [1.29, 1.82) is 0 Å². The lowest BCUT2D eigenvalue weighted by atomic mass is 10.1. The molecule has 0 saturated carbocycles. The first-order valence-corrected chi connectivity index (χ1v) is 9.84. The maximum absolute atomic E-state index is 13.5. The van der Waals surface area contributed by atoms with Gasteiger partial charge in [-0.25, -0.2) is 9.37 Å².